The molecule has 1 rings (SSSR count). The van der Waals surface area contributed by atoms with Gasteiger partial charge in [0.1, 0.15) is 0 Å². The zero-order valence-corrected chi connectivity index (χ0v) is 8.49. The first kappa shape index (κ1) is 10.2. The van der Waals surface area contributed by atoms with Crippen molar-refractivity contribution < 1.29 is 0 Å². The summed E-state index contributed by atoms with van der Waals surface area (Å²) in [4.78, 5) is 6.19. The molecule has 0 spiro atoms. The summed E-state index contributed by atoms with van der Waals surface area (Å²) in [6.45, 7) is 3.00. The molecule has 0 aliphatic heterocycles. The third kappa shape index (κ3) is 3.53. The molecule has 0 aliphatic carbocycles. The molecule has 1 N–H and O–H groups in total. The van der Waals surface area contributed by atoms with E-state index >= 15 is 0 Å². The Balaban J connectivity index is 2.35. The van der Waals surface area contributed by atoms with Crippen molar-refractivity contribution in [3.8, 4) is 0 Å². The highest BCUT2D eigenvalue weighted by atomic mass is 15.2. The molecule has 0 bridgehead atoms. The lowest BCUT2D eigenvalue weighted by molar-refractivity contribution is 0.264. The SMILES string of the molecule is CC(NCc1cccnc1)N(C)C. The highest BCUT2D eigenvalue weighted by Gasteiger charge is 2.02. The van der Waals surface area contributed by atoms with Crippen molar-refractivity contribution in [3.63, 3.8) is 0 Å². The van der Waals surface area contributed by atoms with Gasteiger partial charge in [-0.15, -0.1) is 0 Å². The van der Waals surface area contributed by atoms with Crippen LogP contribution < -0.4 is 5.32 Å². The summed E-state index contributed by atoms with van der Waals surface area (Å²) in [5.41, 5.74) is 1.22. The first-order chi connectivity index (χ1) is 6.20. The van der Waals surface area contributed by atoms with Gasteiger partial charge in [0.15, 0.2) is 0 Å². The van der Waals surface area contributed by atoms with Crippen LogP contribution in [-0.4, -0.2) is 30.1 Å². The normalized spacial score (nSPS) is 13.2. The average Bonchev–Trinajstić information content (AvgIpc) is 2.15. The van der Waals surface area contributed by atoms with Gasteiger partial charge in [0, 0.05) is 18.9 Å². The lowest BCUT2D eigenvalue weighted by Gasteiger charge is -2.20. The summed E-state index contributed by atoms with van der Waals surface area (Å²) in [6, 6.07) is 4.03. The van der Waals surface area contributed by atoms with Crippen molar-refractivity contribution >= 4 is 0 Å². The second-order valence-corrected chi connectivity index (χ2v) is 3.38. The molecule has 1 heterocycles. The van der Waals surface area contributed by atoms with E-state index in [1.165, 1.54) is 5.56 Å². The Morgan fingerprint density at radius 3 is 2.85 bits per heavy atom. The van der Waals surface area contributed by atoms with E-state index in [4.69, 9.17) is 0 Å². The van der Waals surface area contributed by atoms with Gasteiger partial charge in [0.05, 0.1) is 6.17 Å². The van der Waals surface area contributed by atoms with Crippen LogP contribution in [0.5, 0.6) is 0 Å². The summed E-state index contributed by atoms with van der Waals surface area (Å²) in [5, 5.41) is 3.38. The Kier molecular flexibility index (Phi) is 3.86. The summed E-state index contributed by atoms with van der Waals surface area (Å²) in [7, 11) is 4.11. The lowest BCUT2D eigenvalue weighted by Crippen LogP contribution is -2.38. The maximum absolute atomic E-state index is 4.05. The number of nitrogens with zero attached hydrogens (tertiary/aromatic N) is 2. The molecule has 0 aliphatic rings. The fourth-order valence-electron chi connectivity index (χ4n) is 0.951. The Morgan fingerprint density at radius 2 is 2.31 bits per heavy atom. The summed E-state index contributed by atoms with van der Waals surface area (Å²) in [6.07, 6.45) is 4.06. The molecule has 3 nitrogen and oxygen atoms in total. The number of nitrogens with one attached hydrogen (secondary N) is 1. The van der Waals surface area contributed by atoms with E-state index in [1.54, 1.807) is 6.20 Å². The van der Waals surface area contributed by atoms with Gasteiger partial charge in [-0.2, -0.15) is 0 Å². The third-order valence-corrected chi connectivity index (χ3v) is 2.10. The van der Waals surface area contributed by atoms with Crippen molar-refractivity contribution in [3.05, 3.63) is 30.1 Å². The topological polar surface area (TPSA) is 28.2 Å². The van der Waals surface area contributed by atoms with Gasteiger partial charge in [-0.1, -0.05) is 6.07 Å². The van der Waals surface area contributed by atoms with Gasteiger partial charge in [0.25, 0.3) is 0 Å². The minimum absolute atomic E-state index is 0.389. The minimum Gasteiger partial charge on any atom is -0.298 e. The van der Waals surface area contributed by atoms with E-state index in [0.29, 0.717) is 6.17 Å². The lowest BCUT2D eigenvalue weighted by atomic mass is 10.3. The average molecular weight is 179 g/mol. The van der Waals surface area contributed by atoms with Gasteiger partial charge in [-0.25, -0.2) is 0 Å². The van der Waals surface area contributed by atoms with Crippen molar-refractivity contribution in [1.29, 1.82) is 0 Å². The first-order valence-electron chi connectivity index (χ1n) is 4.49. The number of pyridine rings is 1. The van der Waals surface area contributed by atoms with Crippen LogP contribution in [0.4, 0.5) is 0 Å². The molecule has 3 heteroatoms. The molecule has 0 radical (unpaired) electrons. The Labute approximate surface area is 79.8 Å². The molecule has 1 atom stereocenters. The quantitative estimate of drug-likeness (QED) is 0.701. The maximum Gasteiger partial charge on any atom is 0.0565 e. The Hall–Kier alpha value is -0.930. The van der Waals surface area contributed by atoms with Crippen LogP contribution in [-0.2, 0) is 6.54 Å². The van der Waals surface area contributed by atoms with Gasteiger partial charge in [-0.3, -0.25) is 15.2 Å². The molecule has 0 saturated carbocycles. The van der Waals surface area contributed by atoms with Gasteiger partial charge in [0.2, 0.25) is 0 Å². The van der Waals surface area contributed by atoms with Crippen LogP contribution in [0.2, 0.25) is 0 Å². The molecule has 1 unspecified atom stereocenters. The van der Waals surface area contributed by atoms with Crippen LogP contribution >= 0.6 is 0 Å². The van der Waals surface area contributed by atoms with Crippen molar-refractivity contribution in [2.45, 2.75) is 19.6 Å². The molecule has 0 fully saturated rings. The number of hydrogen-bond donors (Lipinski definition) is 1. The molecular weight excluding hydrogens is 162 g/mol. The van der Waals surface area contributed by atoms with Gasteiger partial charge in [-0.05, 0) is 32.6 Å². The molecular formula is C10H17N3. The highest BCUT2D eigenvalue weighted by molar-refractivity contribution is 5.07. The number of rotatable bonds is 4. The fraction of sp³-hybridized carbons (Fsp3) is 0.500. The predicted octanol–water partition coefficient (Wildman–Crippen LogP) is 1.08. The molecule has 0 amide bonds. The molecule has 1 aromatic rings. The molecule has 72 valence electrons. The maximum atomic E-state index is 4.05. The van der Waals surface area contributed by atoms with Gasteiger partial charge < -0.3 is 0 Å². The van der Waals surface area contributed by atoms with Crippen molar-refractivity contribution in [1.82, 2.24) is 15.2 Å². The van der Waals surface area contributed by atoms with E-state index in [9.17, 15) is 0 Å². The Morgan fingerprint density at radius 1 is 1.54 bits per heavy atom. The van der Waals surface area contributed by atoms with Crippen molar-refractivity contribution in [2.24, 2.45) is 0 Å². The highest BCUT2D eigenvalue weighted by Crippen LogP contribution is 1.96. The van der Waals surface area contributed by atoms with Crippen LogP contribution in [0.25, 0.3) is 0 Å². The van der Waals surface area contributed by atoms with E-state index in [-0.39, 0.29) is 0 Å². The predicted molar refractivity (Wildman–Crippen MR) is 54.2 cm³/mol. The summed E-state index contributed by atoms with van der Waals surface area (Å²) in [5.74, 6) is 0. The van der Waals surface area contributed by atoms with E-state index in [2.05, 4.69) is 42.3 Å². The van der Waals surface area contributed by atoms with E-state index < -0.39 is 0 Å². The molecule has 13 heavy (non-hydrogen) atoms. The number of hydrogen-bond acceptors (Lipinski definition) is 3. The van der Waals surface area contributed by atoms with Crippen LogP contribution in [0.3, 0.4) is 0 Å². The first-order valence-corrected chi connectivity index (χ1v) is 4.49. The molecule has 1 aromatic heterocycles. The fourth-order valence-corrected chi connectivity index (χ4v) is 0.951. The van der Waals surface area contributed by atoms with E-state index in [0.717, 1.165) is 6.54 Å². The zero-order valence-electron chi connectivity index (χ0n) is 8.49. The smallest absolute Gasteiger partial charge is 0.0565 e. The third-order valence-electron chi connectivity index (χ3n) is 2.10. The largest absolute Gasteiger partial charge is 0.298 e. The zero-order chi connectivity index (χ0) is 9.68. The minimum atomic E-state index is 0.389. The second-order valence-electron chi connectivity index (χ2n) is 3.38. The second kappa shape index (κ2) is 4.94. The van der Waals surface area contributed by atoms with Crippen LogP contribution in [0.1, 0.15) is 12.5 Å². The van der Waals surface area contributed by atoms with Crippen LogP contribution in [0, 0.1) is 0 Å². The standard InChI is InChI=1S/C10H17N3/c1-9(13(2)3)12-8-10-5-4-6-11-7-10/h4-7,9,12H,8H2,1-3H3. The van der Waals surface area contributed by atoms with Crippen LogP contribution in [0.15, 0.2) is 24.5 Å². The monoisotopic (exact) mass is 179 g/mol. The summed E-state index contributed by atoms with van der Waals surface area (Å²) >= 11 is 0. The summed E-state index contributed by atoms with van der Waals surface area (Å²) < 4.78 is 0. The molecule has 0 aromatic carbocycles. The Bertz CT molecular complexity index is 233. The number of aromatic nitrogens is 1. The molecule has 0 saturated heterocycles. The van der Waals surface area contributed by atoms with Gasteiger partial charge >= 0.3 is 0 Å². The van der Waals surface area contributed by atoms with Crippen molar-refractivity contribution in [2.75, 3.05) is 14.1 Å². The van der Waals surface area contributed by atoms with E-state index in [1.807, 2.05) is 12.3 Å².